The Labute approximate surface area is 180 Å². The first-order valence-corrected chi connectivity index (χ1v) is 11.4. The Balaban J connectivity index is 1.44. The Bertz CT molecular complexity index is 1400. The van der Waals surface area contributed by atoms with E-state index >= 15 is 0 Å². The molecule has 0 bridgehead atoms. The number of hydrogen-bond donors (Lipinski definition) is 1. The molecule has 0 saturated heterocycles. The smallest absolute Gasteiger partial charge is 0.261 e. The summed E-state index contributed by atoms with van der Waals surface area (Å²) in [4.78, 5) is 18.8. The number of benzene rings is 3. The van der Waals surface area contributed by atoms with Gasteiger partial charge >= 0.3 is 0 Å². The Kier molecular flexibility index (Phi) is 4.67. The highest BCUT2D eigenvalue weighted by molar-refractivity contribution is 7.92. The molecule has 0 spiro atoms. The summed E-state index contributed by atoms with van der Waals surface area (Å²) in [6.45, 7) is 0.546. The van der Waals surface area contributed by atoms with Crippen LogP contribution in [-0.4, -0.2) is 25.9 Å². The number of nitrogens with zero attached hydrogens (tertiary/aromatic N) is 2. The van der Waals surface area contributed by atoms with Gasteiger partial charge in [0.2, 0.25) is 0 Å². The second kappa shape index (κ2) is 7.52. The summed E-state index contributed by atoms with van der Waals surface area (Å²) in [7, 11) is -3.78. The number of rotatable bonds is 4. The minimum absolute atomic E-state index is 0.151. The van der Waals surface area contributed by atoms with Gasteiger partial charge in [-0.05, 0) is 59.2 Å². The fourth-order valence-corrected chi connectivity index (χ4v) is 4.93. The molecule has 3 aromatic carbocycles. The van der Waals surface area contributed by atoms with Gasteiger partial charge in [0.15, 0.2) is 0 Å². The van der Waals surface area contributed by atoms with Gasteiger partial charge < -0.3 is 4.90 Å². The van der Waals surface area contributed by atoms with Gasteiger partial charge in [0, 0.05) is 24.6 Å². The molecule has 1 N–H and O–H groups in total. The molecule has 0 saturated carbocycles. The van der Waals surface area contributed by atoms with Gasteiger partial charge in [-0.15, -0.1) is 0 Å². The van der Waals surface area contributed by atoms with Crippen LogP contribution in [0.25, 0.3) is 10.8 Å². The van der Waals surface area contributed by atoms with E-state index in [1.54, 1.807) is 53.6 Å². The number of pyridine rings is 1. The lowest BCUT2D eigenvalue weighted by molar-refractivity contribution is 0.0989. The highest BCUT2D eigenvalue weighted by Crippen LogP contribution is 2.33. The fourth-order valence-electron chi connectivity index (χ4n) is 3.85. The van der Waals surface area contributed by atoms with Crippen molar-refractivity contribution in [3.63, 3.8) is 0 Å². The molecule has 1 aromatic heterocycles. The van der Waals surface area contributed by atoms with Gasteiger partial charge in [0.25, 0.3) is 15.9 Å². The van der Waals surface area contributed by atoms with Crippen molar-refractivity contribution in [3.05, 3.63) is 96.3 Å². The van der Waals surface area contributed by atoms with Gasteiger partial charge in [-0.1, -0.05) is 36.4 Å². The molecule has 5 rings (SSSR count). The predicted molar refractivity (Wildman–Crippen MR) is 121 cm³/mol. The number of fused-ring (bicyclic) bond motifs is 2. The van der Waals surface area contributed by atoms with Gasteiger partial charge in [-0.25, -0.2) is 8.42 Å². The molecular formula is C24H19N3O3S. The molecule has 1 aliphatic heterocycles. The van der Waals surface area contributed by atoms with Crippen molar-refractivity contribution in [1.29, 1.82) is 0 Å². The SMILES string of the molecule is O=C(c1cccnc1)N1CCc2ccc(NS(=O)(=O)c3ccc4ccccc4c3)cc21. The van der Waals surface area contributed by atoms with E-state index in [1.807, 2.05) is 30.3 Å². The van der Waals surface area contributed by atoms with Crippen LogP contribution in [0.4, 0.5) is 11.4 Å². The molecule has 154 valence electrons. The van der Waals surface area contributed by atoms with E-state index in [1.165, 1.54) is 6.20 Å². The quantitative estimate of drug-likeness (QED) is 0.526. The molecule has 0 atom stereocenters. The zero-order valence-corrected chi connectivity index (χ0v) is 17.3. The maximum absolute atomic E-state index is 13.0. The summed E-state index contributed by atoms with van der Waals surface area (Å²) >= 11 is 0. The second-order valence-corrected chi connectivity index (χ2v) is 9.09. The Morgan fingerprint density at radius 1 is 0.935 bits per heavy atom. The van der Waals surface area contributed by atoms with Crippen molar-refractivity contribution in [2.45, 2.75) is 11.3 Å². The Morgan fingerprint density at radius 2 is 1.77 bits per heavy atom. The maximum Gasteiger partial charge on any atom is 0.261 e. The zero-order valence-electron chi connectivity index (χ0n) is 16.5. The second-order valence-electron chi connectivity index (χ2n) is 7.41. The number of sulfonamides is 1. The van der Waals surface area contributed by atoms with Crippen molar-refractivity contribution >= 4 is 38.1 Å². The van der Waals surface area contributed by atoms with Gasteiger partial charge in [-0.3, -0.25) is 14.5 Å². The first-order chi connectivity index (χ1) is 15.0. The number of hydrogen-bond acceptors (Lipinski definition) is 4. The lowest BCUT2D eigenvalue weighted by Crippen LogP contribution is -2.29. The van der Waals surface area contributed by atoms with Crippen LogP contribution in [0.2, 0.25) is 0 Å². The third-order valence-corrected chi connectivity index (χ3v) is 6.80. The average Bonchev–Trinajstić information content (AvgIpc) is 3.22. The molecule has 6 nitrogen and oxygen atoms in total. The van der Waals surface area contributed by atoms with Crippen molar-refractivity contribution < 1.29 is 13.2 Å². The predicted octanol–water partition coefficient (Wildman–Crippen LogP) is 4.24. The first kappa shape index (κ1) is 19.3. The summed E-state index contributed by atoms with van der Waals surface area (Å²) in [5.41, 5.74) is 2.63. The Hall–Kier alpha value is -3.71. The molecule has 1 aliphatic rings. The first-order valence-electron chi connectivity index (χ1n) is 9.88. The number of carbonyl (C=O) groups excluding carboxylic acids is 1. The lowest BCUT2D eigenvalue weighted by Gasteiger charge is -2.18. The number of aromatic nitrogens is 1. The molecule has 0 radical (unpaired) electrons. The molecule has 0 aliphatic carbocycles. The summed E-state index contributed by atoms with van der Waals surface area (Å²) in [6, 6.07) is 21.4. The molecule has 2 heterocycles. The van der Waals surface area contributed by atoms with Crippen LogP contribution in [0.1, 0.15) is 15.9 Å². The van der Waals surface area contributed by atoms with Crippen molar-refractivity contribution in [1.82, 2.24) is 4.98 Å². The van der Waals surface area contributed by atoms with E-state index < -0.39 is 10.0 Å². The van der Waals surface area contributed by atoms with E-state index in [0.717, 1.165) is 22.8 Å². The largest absolute Gasteiger partial charge is 0.308 e. The normalized spacial score (nSPS) is 13.2. The number of amides is 1. The van der Waals surface area contributed by atoms with Crippen LogP contribution in [0.15, 0.2) is 90.1 Å². The van der Waals surface area contributed by atoms with Gasteiger partial charge in [-0.2, -0.15) is 0 Å². The zero-order chi connectivity index (χ0) is 21.4. The summed E-state index contributed by atoms with van der Waals surface area (Å²) in [6.07, 6.45) is 3.88. The van der Waals surface area contributed by atoms with Crippen LogP contribution in [0.3, 0.4) is 0 Å². The third-order valence-electron chi connectivity index (χ3n) is 5.42. The van der Waals surface area contributed by atoms with E-state index in [4.69, 9.17) is 0 Å². The summed E-state index contributed by atoms with van der Waals surface area (Å²) in [5.74, 6) is -0.151. The highest BCUT2D eigenvalue weighted by Gasteiger charge is 2.26. The fraction of sp³-hybridized carbons (Fsp3) is 0.0833. The monoisotopic (exact) mass is 429 g/mol. The van der Waals surface area contributed by atoms with Crippen LogP contribution in [0.5, 0.6) is 0 Å². The van der Waals surface area contributed by atoms with E-state index in [-0.39, 0.29) is 10.8 Å². The molecule has 0 fully saturated rings. The average molecular weight is 430 g/mol. The molecule has 7 heteroatoms. The topological polar surface area (TPSA) is 79.4 Å². The minimum Gasteiger partial charge on any atom is -0.308 e. The third kappa shape index (κ3) is 3.64. The van der Waals surface area contributed by atoms with Crippen molar-refractivity contribution in [2.75, 3.05) is 16.2 Å². The van der Waals surface area contributed by atoms with E-state index in [2.05, 4.69) is 9.71 Å². The Morgan fingerprint density at radius 3 is 2.58 bits per heavy atom. The van der Waals surface area contributed by atoms with Crippen LogP contribution in [-0.2, 0) is 16.4 Å². The number of anilines is 2. The van der Waals surface area contributed by atoms with Crippen LogP contribution in [0, 0.1) is 0 Å². The van der Waals surface area contributed by atoms with Gasteiger partial charge in [0.05, 0.1) is 16.1 Å². The van der Waals surface area contributed by atoms with Gasteiger partial charge in [0.1, 0.15) is 0 Å². The van der Waals surface area contributed by atoms with Crippen LogP contribution >= 0.6 is 0 Å². The summed E-state index contributed by atoms with van der Waals surface area (Å²) < 4.78 is 28.6. The van der Waals surface area contributed by atoms with E-state index in [9.17, 15) is 13.2 Å². The molecule has 1 amide bonds. The summed E-state index contributed by atoms with van der Waals surface area (Å²) in [5, 5.41) is 1.83. The molecule has 4 aromatic rings. The lowest BCUT2D eigenvalue weighted by atomic mass is 10.1. The maximum atomic E-state index is 13.0. The molecule has 31 heavy (non-hydrogen) atoms. The number of carbonyl (C=O) groups is 1. The standard InChI is InChI=1S/C24H19N3O3S/c28-24(20-6-3-12-25-16-20)27-13-11-18-7-9-21(15-23(18)27)26-31(29,30)22-10-8-17-4-1-2-5-19(17)14-22/h1-10,12,14-16,26H,11,13H2. The molecular weight excluding hydrogens is 410 g/mol. The van der Waals surface area contributed by atoms with Crippen molar-refractivity contribution in [3.8, 4) is 0 Å². The van der Waals surface area contributed by atoms with E-state index in [0.29, 0.717) is 23.5 Å². The number of nitrogens with one attached hydrogen (secondary N) is 1. The van der Waals surface area contributed by atoms with Crippen LogP contribution < -0.4 is 9.62 Å². The van der Waals surface area contributed by atoms with Crippen molar-refractivity contribution in [2.24, 2.45) is 0 Å². The molecule has 0 unspecified atom stereocenters. The minimum atomic E-state index is -3.78. The highest BCUT2D eigenvalue weighted by atomic mass is 32.2.